The van der Waals surface area contributed by atoms with Crippen molar-refractivity contribution in [1.82, 2.24) is 19.9 Å². The maximum atomic E-state index is 17.3. The minimum atomic E-state index is -3.10. The molecule has 264 valence electrons. The first kappa shape index (κ1) is 28.4. The summed E-state index contributed by atoms with van der Waals surface area (Å²) in [5.74, 6) is 0.487. The average Bonchev–Trinajstić information content (AvgIpc) is 3.82. The van der Waals surface area contributed by atoms with Crippen molar-refractivity contribution < 1.29 is 47.4 Å². The number of hydrogen-bond donors (Lipinski definition) is 0. The van der Waals surface area contributed by atoms with Gasteiger partial charge in [0.2, 0.25) is 13.3 Å². The van der Waals surface area contributed by atoms with Gasteiger partial charge in [-0.2, -0.15) is 9.97 Å². The van der Waals surface area contributed by atoms with Crippen LogP contribution in [0.1, 0.15) is 32.8 Å². The largest absolute Gasteiger partial charge is 0.463 e. The van der Waals surface area contributed by atoms with Crippen LogP contribution < -0.4 is 14.4 Å². The van der Waals surface area contributed by atoms with E-state index < -0.39 is 97.4 Å². The van der Waals surface area contributed by atoms with Crippen LogP contribution >= 0.6 is 0 Å². The molecule has 4 heterocycles. The number of fused-ring (bicyclic) bond motifs is 3. The van der Waals surface area contributed by atoms with Crippen LogP contribution in [0.5, 0.6) is 11.8 Å². The lowest BCUT2D eigenvalue weighted by atomic mass is 9.73. The Morgan fingerprint density at radius 1 is 1.14 bits per heavy atom. The predicted octanol–water partition coefficient (Wildman–Crippen LogP) is 6.58. The van der Waals surface area contributed by atoms with Crippen LogP contribution in [0.3, 0.4) is 0 Å². The van der Waals surface area contributed by atoms with Crippen LogP contribution in [0.4, 0.5) is 32.2 Å². The van der Waals surface area contributed by atoms with E-state index in [1.165, 1.54) is 30.0 Å². The number of anilines is 1. The first-order valence-electron chi connectivity index (χ1n) is 18.5. The number of alkyl halides is 4. The standard InChI is InChI=1S/C36H35F6N5O3/c1-4-6-24-26-30(28(40)29(43-24)20-8-5-7-19-9-10-23(38)32(25(19)20)50-18-37)44-35(45-34(26)47-13-14-48-15-21-27(39)31(21)47)49-17-36(2)16-46(3)12-11-22(36)33(41)42/h5,7-10,21-22,27,31,33H,11-18H2,1-3H3/t21-,22+,27-,31-,36-/m0/s1/i3D3,17D2. The molecule has 0 bridgehead atoms. The van der Waals surface area contributed by atoms with Gasteiger partial charge in [0.05, 0.1) is 33.9 Å². The van der Waals surface area contributed by atoms with Gasteiger partial charge in [-0.15, -0.1) is 0 Å². The zero-order valence-electron chi connectivity index (χ0n) is 32.0. The minimum Gasteiger partial charge on any atom is -0.463 e. The SMILES string of the molecule is [2H]C([2H])([2H])N1CC[C@H](C(F)F)[C@](C)(C([2H])([2H])Oc2nc(N3CCOC[C@H]4[C@H](F)[C@H]43)c3c(C#CC)nc(-c4cccc5ccc(F)c(OCF)c45)c(F)c3n2)C1. The van der Waals surface area contributed by atoms with E-state index in [1.54, 1.807) is 6.07 Å². The lowest BCUT2D eigenvalue weighted by Gasteiger charge is -2.44. The number of nitrogens with zero attached hydrogens (tertiary/aromatic N) is 5. The van der Waals surface area contributed by atoms with Gasteiger partial charge in [0.1, 0.15) is 28.9 Å². The number of rotatable bonds is 8. The Balaban J connectivity index is 1.47. The van der Waals surface area contributed by atoms with Crippen molar-refractivity contribution in [1.29, 1.82) is 0 Å². The van der Waals surface area contributed by atoms with Crippen LogP contribution in [0, 0.1) is 40.7 Å². The molecular formula is C36H35F6N5O3. The van der Waals surface area contributed by atoms with Crippen molar-refractivity contribution in [2.75, 3.05) is 58.1 Å². The fourth-order valence-electron chi connectivity index (χ4n) is 7.06. The van der Waals surface area contributed by atoms with Gasteiger partial charge in [0, 0.05) is 45.4 Å². The Bertz CT molecular complexity index is 2210. The molecule has 1 aliphatic carbocycles. The number of ether oxygens (including phenoxy) is 3. The average molecular weight is 705 g/mol. The van der Waals surface area contributed by atoms with Crippen molar-refractivity contribution in [3.8, 4) is 34.9 Å². The summed E-state index contributed by atoms with van der Waals surface area (Å²) in [5.41, 5.74) is -3.31. The van der Waals surface area contributed by atoms with Crippen molar-refractivity contribution in [3.63, 3.8) is 0 Å². The quantitative estimate of drug-likeness (QED) is 0.151. The van der Waals surface area contributed by atoms with E-state index in [0.717, 1.165) is 17.9 Å². The second kappa shape index (κ2) is 13.4. The van der Waals surface area contributed by atoms with Crippen LogP contribution in [-0.2, 0) is 4.74 Å². The lowest BCUT2D eigenvalue weighted by molar-refractivity contribution is -0.0679. The fourth-order valence-corrected chi connectivity index (χ4v) is 7.06. The summed E-state index contributed by atoms with van der Waals surface area (Å²) in [6.45, 7) is -5.31. The van der Waals surface area contributed by atoms with E-state index in [2.05, 4.69) is 26.8 Å². The number of pyridine rings is 1. The number of hydrogen-bond acceptors (Lipinski definition) is 8. The highest BCUT2D eigenvalue weighted by atomic mass is 19.3. The minimum absolute atomic E-state index is 0.0313. The second-order valence-corrected chi connectivity index (χ2v) is 12.7. The van der Waals surface area contributed by atoms with Crippen molar-refractivity contribution in [3.05, 3.63) is 47.7 Å². The zero-order chi connectivity index (χ0) is 39.6. The molecule has 7 rings (SSSR count). The van der Waals surface area contributed by atoms with Gasteiger partial charge in [-0.3, -0.25) is 0 Å². The van der Waals surface area contributed by atoms with Crippen LogP contribution in [0.25, 0.3) is 32.9 Å². The third-order valence-electron chi connectivity index (χ3n) is 9.57. The molecule has 3 fully saturated rings. The molecule has 2 aliphatic heterocycles. The molecule has 8 nitrogen and oxygen atoms in total. The molecule has 1 saturated carbocycles. The molecule has 0 spiro atoms. The third kappa shape index (κ3) is 5.94. The molecule has 3 aliphatic rings. The number of benzene rings is 2. The molecule has 2 aromatic heterocycles. The fraction of sp³-hybridized carbons (Fsp3) is 0.472. The topological polar surface area (TPSA) is 72.8 Å². The van der Waals surface area contributed by atoms with Gasteiger partial charge in [-0.1, -0.05) is 37.1 Å². The Morgan fingerprint density at radius 3 is 2.74 bits per heavy atom. The molecule has 14 heteroatoms. The van der Waals surface area contributed by atoms with Gasteiger partial charge in [-0.25, -0.2) is 31.3 Å². The Morgan fingerprint density at radius 2 is 1.98 bits per heavy atom. The normalized spacial score (nSPS) is 27.3. The summed E-state index contributed by atoms with van der Waals surface area (Å²) in [6.07, 6.45) is -4.83. The van der Waals surface area contributed by atoms with Crippen molar-refractivity contribution in [2.45, 2.75) is 38.9 Å². The third-order valence-corrected chi connectivity index (χ3v) is 9.57. The molecule has 2 aromatic carbocycles. The summed E-state index contributed by atoms with van der Waals surface area (Å²) in [7, 11) is 0. The highest BCUT2D eigenvalue weighted by Crippen LogP contribution is 2.46. The summed E-state index contributed by atoms with van der Waals surface area (Å²) < 4.78 is 148. The first-order chi connectivity index (χ1) is 26.0. The van der Waals surface area contributed by atoms with E-state index in [-0.39, 0.29) is 60.6 Å². The van der Waals surface area contributed by atoms with E-state index in [4.69, 9.17) is 21.1 Å². The van der Waals surface area contributed by atoms with E-state index in [1.807, 2.05) is 0 Å². The molecule has 5 atom stereocenters. The summed E-state index contributed by atoms with van der Waals surface area (Å²) in [4.78, 5) is 15.6. The predicted molar refractivity (Wildman–Crippen MR) is 175 cm³/mol. The van der Waals surface area contributed by atoms with Crippen LogP contribution in [0.15, 0.2) is 30.3 Å². The van der Waals surface area contributed by atoms with Crippen LogP contribution in [-0.4, -0.2) is 91.7 Å². The molecular weight excluding hydrogens is 664 g/mol. The maximum absolute atomic E-state index is 17.3. The van der Waals surface area contributed by atoms with Gasteiger partial charge in [-0.05, 0) is 44.2 Å². The number of piperidine rings is 1. The van der Waals surface area contributed by atoms with Crippen LogP contribution in [0.2, 0.25) is 0 Å². The van der Waals surface area contributed by atoms with Gasteiger partial charge in [0.25, 0.3) is 0 Å². The van der Waals surface area contributed by atoms with Gasteiger partial charge >= 0.3 is 6.01 Å². The highest BCUT2D eigenvalue weighted by Gasteiger charge is 2.56. The lowest BCUT2D eigenvalue weighted by Crippen LogP contribution is -2.51. The van der Waals surface area contributed by atoms with Crippen molar-refractivity contribution >= 4 is 27.5 Å². The Hall–Kier alpha value is -4.35. The molecule has 50 heavy (non-hydrogen) atoms. The van der Waals surface area contributed by atoms with E-state index in [9.17, 15) is 13.2 Å². The van der Waals surface area contributed by atoms with Gasteiger partial charge < -0.3 is 24.0 Å². The van der Waals surface area contributed by atoms with E-state index in [0.29, 0.717) is 5.39 Å². The summed E-state index contributed by atoms with van der Waals surface area (Å²) >= 11 is 0. The molecule has 4 aromatic rings. The maximum Gasteiger partial charge on any atom is 0.319 e. The smallest absolute Gasteiger partial charge is 0.319 e. The monoisotopic (exact) mass is 704 g/mol. The molecule has 2 saturated heterocycles. The Kier molecular flexibility index (Phi) is 7.61. The van der Waals surface area contributed by atoms with Gasteiger partial charge in [0.15, 0.2) is 17.4 Å². The molecule has 0 N–H and O–H groups in total. The number of likely N-dealkylation sites (tertiary alicyclic amines) is 1. The molecule has 0 unspecified atom stereocenters. The number of aromatic nitrogens is 3. The summed E-state index contributed by atoms with van der Waals surface area (Å²) in [5, 5.41) is 0.195. The molecule has 0 radical (unpaired) electrons. The highest BCUT2D eigenvalue weighted by molar-refractivity contribution is 6.03. The number of halogens is 6. The second-order valence-electron chi connectivity index (χ2n) is 12.7. The Labute approximate surface area is 291 Å². The zero-order valence-corrected chi connectivity index (χ0v) is 27.0. The molecule has 0 amide bonds. The van der Waals surface area contributed by atoms with Crippen molar-refractivity contribution in [2.24, 2.45) is 17.3 Å². The van der Waals surface area contributed by atoms with E-state index >= 15 is 13.2 Å². The summed E-state index contributed by atoms with van der Waals surface area (Å²) in [6, 6.07) is 5.29. The first-order valence-corrected chi connectivity index (χ1v) is 16.0.